The summed E-state index contributed by atoms with van der Waals surface area (Å²) in [5.74, 6) is 0.804. The predicted molar refractivity (Wildman–Crippen MR) is 135 cm³/mol. The summed E-state index contributed by atoms with van der Waals surface area (Å²) in [7, 11) is 0. The van der Waals surface area contributed by atoms with Crippen LogP contribution >= 0.6 is 0 Å². The molecule has 4 aromatic carbocycles. The maximum atomic E-state index is 4.45. The molecule has 0 N–H and O–H groups in total. The molecule has 0 fully saturated rings. The van der Waals surface area contributed by atoms with Crippen LogP contribution in [0.25, 0.3) is 44.5 Å². The molecular weight excluding hydrogens is 611 g/mol. The van der Waals surface area contributed by atoms with Gasteiger partial charge >= 0.3 is 0 Å². The number of aromatic nitrogens is 5. The van der Waals surface area contributed by atoms with Crippen molar-refractivity contribution in [2.24, 2.45) is 0 Å². The summed E-state index contributed by atoms with van der Waals surface area (Å²) in [5.41, 5.74) is 5.13. The second kappa shape index (κ2) is 10.0. The molecule has 0 saturated heterocycles. The summed E-state index contributed by atoms with van der Waals surface area (Å²) < 4.78 is 3.90. The molecule has 1 radical (unpaired) electrons. The number of rotatable bonds is 2. The van der Waals surface area contributed by atoms with Crippen molar-refractivity contribution >= 4 is 27.6 Å². The van der Waals surface area contributed by atoms with Gasteiger partial charge in [-0.1, -0.05) is 42.1 Å². The number of imidazole rings is 1. The summed E-state index contributed by atoms with van der Waals surface area (Å²) in [6, 6.07) is 40.7. The average molecular weight is 630 g/mol. The van der Waals surface area contributed by atoms with E-state index in [0.717, 1.165) is 33.8 Å². The van der Waals surface area contributed by atoms with E-state index < -0.39 is 0 Å². The van der Waals surface area contributed by atoms with Gasteiger partial charge in [0.05, 0.1) is 11.0 Å². The van der Waals surface area contributed by atoms with Crippen molar-refractivity contribution in [1.29, 1.82) is 0 Å². The average Bonchev–Trinajstić information content (AvgIpc) is 3.51. The van der Waals surface area contributed by atoms with E-state index in [4.69, 9.17) is 0 Å². The van der Waals surface area contributed by atoms with Crippen LogP contribution in [0.5, 0.6) is 0 Å². The van der Waals surface area contributed by atoms with Crippen molar-refractivity contribution in [3.63, 3.8) is 0 Å². The first kappa shape index (κ1) is 22.7. The van der Waals surface area contributed by atoms with Crippen LogP contribution in [0.3, 0.4) is 0 Å². The Kier molecular flexibility index (Phi) is 6.49. The number of nitrogens with zero attached hydrogens (tertiary/aromatic N) is 5. The summed E-state index contributed by atoms with van der Waals surface area (Å²) >= 11 is 0. The van der Waals surface area contributed by atoms with Gasteiger partial charge in [-0.05, 0) is 34.7 Å². The number of hydrogen-bond acceptors (Lipinski definition) is 3. The van der Waals surface area contributed by atoms with Crippen molar-refractivity contribution in [2.45, 2.75) is 0 Å². The zero-order chi connectivity index (χ0) is 22.7. The van der Waals surface area contributed by atoms with E-state index in [1.807, 2.05) is 95.6 Å². The fourth-order valence-corrected chi connectivity index (χ4v) is 4.13. The van der Waals surface area contributed by atoms with Gasteiger partial charge in [0, 0.05) is 26.3 Å². The molecule has 0 spiro atoms. The minimum atomic E-state index is 0. The van der Waals surface area contributed by atoms with Crippen LogP contribution in [0, 0.1) is 12.1 Å². The summed E-state index contributed by atoms with van der Waals surface area (Å²) in [4.78, 5) is 8.77. The largest absolute Gasteiger partial charge is 0.304 e. The number of hydrogen-bond donors (Lipinski definition) is 0. The van der Waals surface area contributed by atoms with Gasteiger partial charge in [-0.2, -0.15) is 38.9 Å². The molecule has 0 aliphatic rings. The molecule has 7 rings (SSSR count). The predicted octanol–water partition coefficient (Wildman–Crippen LogP) is 6.17. The zero-order valence-corrected chi connectivity index (χ0v) is 20.9. The Bertz CT molecular complexity index is 1700. The molecule has 6 heteroatoms. The van der Waals surface area contributed by atoms with Crippen LogP contribution in [0.15, 0.2) is 116 Å². The smallest absolute Gasteiger partial charge is 0.236 e. The third kappa shape index (κ3) is 4.25. The molecule has 3 heterocycles. The molecule has 5 nitrogen and oxygen atoms in total. The van der Waals surface area contributed by atoms with E-state index in [2.05, 4.69) is 50.0 Å². The molecule has 0 amide bonds. The van der Waals surface area contributed by atoms with Crippen molar-refractivity contribution < 1.29 is 20.1 Å². The Morgan fingerprint density at radius 2 is 1.40 bits per heavy atom. The Labute approximate surface area is 216 Å². The molecule has 0 bridgehead atoms. The van der Waals surface area contributed by atoms with E-state index in [-0.39, 0.29) is 20.1 Å². The van der Waals surface area contributed by atoms with Gasteiger partial charge in [0.1, 0.15) is 6.33 Å². The fraction of sp³-hybridized carbons (Fsp3) is 0. The van der Waals surface area contributed by atoms with Gasteiger partial charge in [-0.15, -0.1) is 42.0 Å². The number of benzene rings is 4. The molecule has 0 unspecified atom stereocenters. The Morgan fingerprint density at radius 1 is 0.657 bits per heavy atom. The third-order valence-corrected chi connectivity index (χ3v) is 5.65. The van der Waals surface area contributed by atoms with Gasteiger partial charge in [-0.25, -0.2) is 0 Å². The Balaban J connectivity index is 0.000000142. The van der Waals surface area contributed by atoms with Crippen LogP contribution in [-0.2, 0) is 20.1 Å². The van der Waals surface area contributed by atoms with E-state index in [9.17, 15) is 0 Å². The van der Waals surface area contributed by atoms with Crippen LogP contribution in [0.1, 0.15) is 0 Å². The quantitative estimate of drug-likeness (QED) is 0.215. The maximum Gasteiger partial charge on any atom is 0.236 e. The fourth-order valence-electron chi connectivity index (χ4n) is 4.13. The van der Waals surface area contributed by atoms with Crippen LogP contribution < -0.4 is 0 Å². The first-order valence-electron chi connectivity index (χ1n) is 11.0. The van der Waals surface area contributed by atoms with E-state index >= 15 is 0 Å². The topological polar surface area (TPSA) is 48.0 Å². The molecule has 35 heavy (non-hydrogen) atoms. The SMILES string of the molecule is [Ir].[c-]1ccccc1-c1nccc2ccccc12.[c-]1ccccc1-n1c2ccccc2n2ncnc12. The molecular formula is C29H19IrN5-2. The third-order valence-electron chi connectivity index (χ3n) is 5.65. The second-order valence-electron chi connectivity index (χ2n) is 7.70. The monoisotopic (exact) mass is 630 g/mol. The maximum absolute atomic E-state index is 4.45. The second-order valence-corrected chi connectivity index (χ2v) is 7.70. The first-order chi connectivity index (χ1) is 16.9. The van der Waals surface area contributed by atoms with E-state index in [0.29, 0.717) is 0 Å². The standard InChI is InChI=1S/C15H10N.C14H9N4.Ir/c1-2-7-13(8-3-1)15-14-9-5-4-6-12(14)10-11-16-15;1-2-6-11(7-3-1)17-12-8-4-5-9-13(12)18-14(17)15-10-16-18;/h1-7,9-11H;1-6,8-10H;/q2*-1;. The van der Waals surface area contributed by atoms with Crippen molar-refractivity contribution in [3.05, 3.63) is 128 Å². The molecule has 0 saturated carbocycles. The van der Waals surface area contributed by atoms with Gasteiger partial charge in [0.15, 0.2) is 0 Å². The summed E-state index contributed by atoms with van der Waals surface area (Å²) in [5, 5.41) is 6.65. The van der Waals surface area contributed by atoms with Crippen LogP contribution in [0.2, 0.25) is 0 Å². The van der Waals surface area contributed by atoms with Crippen molar-refractivity contribution in [2.75, 3.05) is 0 Å². The van der Waals surface area contributed by atoms with Crippen LogP contribution in [-0.4, -0.2) is 24.1 Å². The first-order valence-corrected chi connectivity index (χ1v) is 11.0. The van der Waals surface area contributed by atoms with Gasteiger partial charge in [-0.3, -0.25) is 0 Å². The minimum absolute atomic E-state index is 0. The summed E-state index contributed by atoms with van der Waals surface area (Å²) in [6.07, 6.45) is 3.42. The zero-order valence-electron chi connectivity index (χ0n) is 18.5. The molecule has 171 valence electrons. The van der Waals surface area contributed by atoms with Gasteiger partial charge in [0.25, 0.3) is 0 Å². The molecule has 0 aliphatic heterocycles. The minimum Gasteiger partial charge on any atom is -0.304 e. The molecule has 0 aliphatic carbocycles. The van der Waals surface area contributed by atoms with Crippen LogP contribution in [0.4, 0.5) is 0 Å². The Morgan fingerprint density at radius 3 is 2.20 bits per heavy atom. The summed E-state index contributed by atoms with van der Waals surface area (Å²) in [6.45, 7) is 0. The van der Waals surface area contributed by atoms with Crippen molar-refractivity contribution in [3.8, 4) is 16.9 Å². The van der Waals surface area contributed by atoms with E-state index in [1.165, 1.54) is 10.8 Å². The number of para-hydroxylation sites is 3. The molecule has 0 atom stereocenters. The molecule has 3 aromatic heterocycles. The van der Waals surface area contributed by atoms with Gasteiger partial charge in [0.2, 0.25) is 5.78 Å². The number of pyridine rings is 1. The van der Waals surface area contributed by atoms with Crippen molar-refractivity contribution in [1.82, 2.24) is 24.1 Å². The van der Waals surface area contributed by atoms with Gasteiger partial charge < -0.3 is 9.55 Å². The molecule has 7 aromatic rings. The Hall–Kier alpha value is -4.12. The van der Waals surface area contributed by atoms with E-state index in [1.54, 1.807) is 6.33 Å². The number of fused-ring (bicyclic) bond motifs is 4. The normalized spacial score (nSPS) is 10.6.